The summed E-state index contributed by atoms with van der Waals surface area (Å²) in [4.78, 5) is 2.62. The van der Waals surface area contributed by atoms with Crippen LogP contribution in [0.5, 0.6) is 0 Å². The molecule has 2 N–H and O–H groups in total. The van der Waals surface area contributed by atoms with Gasteiger partial charge in [0.25, 0.3) is 0 Å². The lowest BCUT2D eigenvalue weighted by atomic mass is 10.1. The highest BCUT2D eigenvalue weighted by Crippen LogP contribution is 2.10. The Bertz CT molecular complexity index is 178. The van der Waals surface area contributed by atoms with Crippen LogP contribution in [0.3, 0.4) is 0 Å². The molecule has 128 valence electrons. The molecule has 0 radical (unpaired) electrons. The highest BCUT2D eigenvalue weighted by molar-refractivity contribution is 4.68. The van der Waals surface area contributed by atoms with E-state index in [2.05, 4.69) is 25.7 Å². The second-order valence-corrected chi connectivity index (χ2v) is 6.66. The predicted octanol–water partition coefficient (Wildman–Crippen LogP) is 5.36. The third-order valence-corrected chi connectivity index (χ3v) is 4.56. The van der Waals surface area contributed by atoms with Crippen molar-refractivity contribution in [2.24, 2.45) is 5.73 Å². The van der Waals surface area contributed by atoms with E-state index >= 15 is 0 Å². The Labute approximate surface area is 134 Å². The molecule has 0 aromatic heterocycles. The van der Waals surface area contributed by atoms with Gasteiger partial charge in [-0.25, -0.2) is 0 Å². The van der Waals surface area contributed by atoms with Crippen LogP contribution in [-0.2, 0) is 0 Å². The number of nitrogens with two attached hydrogens (primary N) is 1. The van der Waals surface area contributed by atoms with E-state index in [0.717, 1.165) is 6.54 Å². The van der Waals surface area contributed by atoms with Crippen molar-refractivity contribution < 1.29 is 0 Å². The van der Waals surface area contributed by atoms with Crippen LogP contribution in [0, 0.1) is 0 Å². The molecule has 0 aliphatic heterocycles. The Kier molecular flexibility index (Phi) is 16.2. The molecule has 0 heterocycles. The summed E-state index contributed by atoms with van der Waals surface area (Å²) in [6.45, 7) is 10.1. The van der Waals surface area contributed by atoms with Crippen molar-refractivity contribution in [3.05, 3.63) is 0 Å². The zero-order chi connectivity index (χ0) is 15.8. The fourth-order valence-corrected chi connectivity index (χ4v) is 2.89. The highest BCUT2D eigenvalue weighted by Gasteiger charge is 2.11. The van der Waals surface area contributed by atoms with Gasteiger partial charge in [0.1, 0.15) is 0 Å². The number of hydrogen-bond donors (Lipinski definition) is 1. The van der Waals surface area contributed by atoms with Gasteiger partial charge in [-0.1, -0.05) is 78.1 Å². The molecule has 0 saturated heterocycles. The molecule has 0 rings (SSSR count). The minimum Gasteiger partial charge on any atom is -0.329 e. The zero-order valence-corrected chi connectivity index (χ0v) is 15.2. The van der Waals surface area contributed by atoms with E-state index in [9.17, 15) is 0 Å². The molecule has 0 aliphatic rings. The van der Waals surface area contributed by atoms with Crippen molar-refractivity contribution in [3.8, 4) is 0 Å². The van der Waals surface area contributed by atoms with Crippen molar-refractivity contribution in [1.29, 1.82) is 0 Å². The van der Waals surface area contributed by atoms with Crippen LogP contribution in [0.25, 0.3) is 0 Å². The van der Waals surface area contributed by atoms with Gasteiger partial charge in [0.05, 0.1) is 0 Å². The summed E-state index contributed by atoms with van der Waals surface area (Å²) in [7, 11) is 0. The average Bonchev–Trinajstić information content (AvgIpc) is 2.51. The molecule has 0 amide bonds. The Morgan fingerprint density at radius 2 is 1.05 bits per heavy atom. The molecule has 2 nitrogen and oxygen atoms in total. The summed E-state index contributed by atoms with van der Waals surface area (Å²) in [5.74, 6) is 0. The van der Waals surface area contributed by atoms with Crippen molar-refractivity contribution >= 4 is 0 Å². The van der Waals surface area contributed by atoms with E-state index in [1.807, 2.05) is 0 Å². The molecule has 0 aromatic rings. The second-order valence-electron chi connectivity index (χ2n) is 6.66. The minimum atomic E-state index is 0.552. The van der Waals surface area contributed by atoms with Crippen molar-refractivity contribution in [1.82, 2.24) is 4.90 Å². The van der Waals surface area contributed by atoms with Gasteiger partial charge < -0.3 is 5.73 Å². The van der Waals surface area contributed by atoms with Crippen molar-refractivity contribution in [3.63, 3.8) is 0 Å². The molecule has 0 saturated carbocycles. The number of nitrogens with zero attached hydrogens (tertiary/aromatic N) is 1. The third-order valence-electron chi connectivity index (χ3n) is 4.56. The van der Waals surface area contributed by atoms with Crippen LogP contribution in [0.4, 0.5) is 0 Å². The fraction of sp³-hybridized carbons (Fsp3) is 1.00. The smallest absolute Gasteiger partial charge is 0.0190 e. The molecule has 0 fully saturated rings. The molecule has 2 heteroatoms. The molecule has 0 aromatic carbocycles. The van der Waals surface area contributed by atoms with Crippen LogP contribution in [0.1, 0.15) is 97.8 Å². The normalized spacial score (nSPS) is 13.0. The lowest BCUT2D eigenvalue weighted by molar-refractivity contribution is 0.203. The quantitative estimate of drug-likeness (QED) is 0.389. The van der Waals surface area contributed by atoms with Gasteiger partial charge >= 0.3 is 0 Å². The standard InChI is InChI=1S/C19H42N2/c1-4-6-8-10-12-14-16-21(19(3)18-20)17-15-13-11-9-7-5-2/h19H,4-18,20H2,1-3H3. The van der Waals surface area contributed by atoms with Gasteiger partial charge in [0.15, 0.2) is 0 Å². The van der Waals surface area contributed by atoms with E-state index in [-0.39, 0.29) is 0 Å². The Morgan fingerprint density at radius 3 is 1.43 bits per heavy atom. The largest absolute Gasteiger partial charge is 0.329 e. The van der Waals surface area contributed by atoms with Crippen LogP contribution in [0.2, 0.25) is 0 Å². The predicted molar refractivity (Wildman–Crippen MR) is 96.8 cm³/mol. The maximum absolute atomic E-state index is 5.87. The third kappa shape index (κ3) is 13.3. The van der Waals surface area contributed by atoms with E-state index in [1.165, 1.54) is 90.1 Å². The molecule has 0 aliphatic carbocycles. The molecule has 21 heavy (non-hydrogen) atoms. The Hall–Kier alpha value is -0.0800. The van der Waals surface area contributed by atoms with E-state index < -0.39 is 0 Å². The van der Waals surface area contributed by atoms with E-state index in [1.54, 1.807) is 0 Å². The first-order valence-corrected chi connectivity index (χ1v) is 9.70. The highest BCUT2D eigenvalue weighted by atomic mass is 15.2. The van der Waals surface area contributed by atoms with Crippen LogP contribution in [0.15, 0.2) is 0 Å². The Balaban J connectivity index is 3.67. The van der Waals surface area contributed by atoms with Gasteiger partial charge in [-0.2, -0.15) is 0 Å². The summed E-state index contributed by atoms with van der Waals surface area (Å²) in [6.07, 6.45) is 16.6. The minimum absolute atomic E-state index is 0.552. The lowest BCUT2D eigenvalue weighted by Gasteiger charge is -2.28. The second kappa shape index (κ2) is 16.3. The van der Waals surface area contributed by atoms with Crippen LogP contribution in [-0.4, -0.2) is 30.6 Å². The SMILES string of the molecule is CCCCCCCCN(CCCCCCCC)C(C)CN. The van der Waals surface area contributed by atoms with E-state index in [4.69, 9.17) is 5.73 Å². The van der Waals surface area contributed by atoms with Crippen LogP contribution < -0.4 is 5.73 Å². The van der Waals surface area contributed by atoms with Gasteiger partial charge in [-0.15, -0.1) is 0 Å². The molecular weight excluding hydrogens is 256 g/mol. The van der Waals surface area contributed by atoms with Crippen molar-refractivity contribution in [2.75, 3.05) is 19.6 Å². The molecule has 0 spiro atoms. The number of unbranched alkanes of at least 4 members (excludes halogenated alkanes) is 10. The monoisotopic (exact) mass is 298 g/mol. The maximum atomic E-state index is 5.87. The first-order chi connectivity index (χ1) is 10.3. The summed E-state index contributed by atoms with van der Waals surface area (Å²) < 4.78 is 0. The van der Waals surface area contributed by atoms with Gasteiger partial charge in [0, 0.05) is 12.6 Å². The zero-order valence-electron chi connectivity index (χ0n) is 15.2. The Morgan fingerprint density at radius 1 is 0.667 bits per heavy atom. The molecule has 0 bridgehead atoms. The lowest BCUT2D eigenvalue weighted by Crippen LogP contribution is -2.39. The first kappa shape index (κ1) is 20.9. The average molecular weight is 299 g/mol. The van der Waals surface area contributed by atoms with Gasteiger partial charge in [-0.3, -0.25) is 4.90 Å². The summed E-state index contributed by atoms with van der Waals surface area (Å²) in [5.41, 5.74) is 5.87. The topological polar surface area (TPSA) is 29.3 Å². The van der Waals surface area contributed by atoms with E-state index in [0.29, 0.717) is 6.04 Å². The first-order valence-electron chi connectivity index (χ1n) is 9.70. The number of rotatable bonds is 16. The van der Waals surface area contributed by atoms with Gasteiger partial charge in [0.2, 0.25) is 0 Å². The fourth-order valence-electron chi connectivity index (χ4n) is 2.89. The molecular formula is C19H42N2. The number of hydrogen-bond acceptors (Lipinski definition) is 2. The van der Waals surface area contributed by atoms with Crippen LogP contribution >= 0.6 is 0 Å². The molecule has 1 atom stereocenters. The van der Waals surface area contributed by atoms with Gasteiger partial charge in [-0.05, 0) is 32.9 Å². The van der Waals surface area contributed by atoms with Crippen molar-refractivity contribution in [2.45, 2.75) is 104 Å². The summed E-state index contributed by atoms with van der Waals surface area (Å²) in [6, 6.07) is 0.552. The summed E-state index contributed by atoms with van der Waals surface area (Å²) in [5, 5.41) is 0. The molecule has 1 unspecified atom stereocenters. The summed E-state index contributed by atoms with van der Waals surface area (Å²) >= 11 is 0. The maximum Gasteiger partial charge on any atom is 0.0190 e.